The maximum atomic E-state index is 13.1. The molecule has 0 saturated heterocycles. The molecule has 0 aliphatic rings. The molecule has 4 nitrogen and oxygen atoms in total. The van der Waals surface area contributed by atoms with Crippen LogP contribution in [0.15, 0.2) is 39.5 Å². The number of carboxylic acids is 1. The van der Waals surface area contributed by atoms with E-state index in [4.69, 9.17) is 5.11 Å². The molecule has 0 aliphatic carbocycles. The van der Waals surface area contributed by atoms with Crippen LogP contribution in [-0.2, 0) is 0 Å². The third kappa shape index (κ3) is 2.15. The Morgan fingerprint density at radius 3 is 2.61 bits per heavy atom. The molecule has 2 rings (SSSR count). The Hall–Kier alpha value is -2.43. The Labute approximate surface area is 101 Å². The van der Waals surface area contributed by atoms with Crippen molar-refractivity contribution < 1.29 is 18.7 Å². The van der Waals surface area contributed by atoms with Crippen molar-refractivity contribution in [2.75, 3.05) is 0 Å². The highest BCUT2D eigenvalue weighted by molar-refractivity contribution is 5.92. The highest BCUT2D eigenvalue weighted by Gasteiger charge is 2.16. The van der Waals surface area contributed by atoms with Gasteiger partial charge >= 0.3 is 11.6 Å². The normalized spacial score (nSPS) is 10.3. The molecule has 0 atom stereocenters. The van der Waals surface area contributed by atoms with Crippen LogP contribution in [-0.4, -0.2) is 11.1 Å². The van der Waals surface area contributed by atoms with E-state index in [2.05, 4.69) is 4.42 Å². The molecule has 1 heterocycles. The van der Waals surface area contributed by atoms with E-state index in [1.54, 1.807) is 6.92 Å². The first-order chi connectivity index (χ1) is 8.49. The Kier molecular flexibility index (Phi) is 2.97. The summed E-state index contributed by atoms with van der Waals surface area (Å²) in [5.41, 5.74) is 0.366. The largest absolute Gasteiger partial charge is 0.475 e. The van der Waals surface area contributed by atoms with E-state index in [9.17, 15) is 14.0 Å². The number of carboxylic acid groups (broad SMARTS) is 1. The predicted octanol–water partition coefficient (Wildman–Crippen LogP) is 2.45. The Morgan fingerprint density at radius 1 is 1.28 bits per heavy atom. The number of aryl methyl sites for hydroxylation is 1. The fraction of sp³-hybridized carbons (Fsp3) is 0.0769. The van der Waals surface area contributed by atoms with Gasteiger partial charge in [-0.2, -0.15) is 0 Å². The zero-order valence-electron chi connectivity index (χ0n) is 9.44. The van der Waals surface area contributed by atoms with Gasteiger partial charge in [-0.1, -0.05) is 6.07 Å². The summed E-state index contributed by atoms with van der Waals surface area (Å²) < 4.78 is 17.8. The molecular formula is C13H9FO4. The molecule has 1 aromatic carbocycles. The van der Waals surface area contributed by atoms with Crippen molar-refractivity contribution in [2.24, 2.45) is 0 Å². The average Bonchev–Trinajstić information content (AvgIpc) is 2.32. The van der Waals surface area contributed by atoms with Crippen LogP contribution in [0.4, 0.5) is 4.39 Å². The molecule has 5 heteroatoms. The summed E-state index contributed by atoms with van der Waals surface area (Å²) >= 11 is 0. The van der Waals surface area contributed by atoms with Crippen molar-refractivity contribution in [1.82, 2.24) is 0 Å². The second-order valence-corrected chi connectivity index (χ2v) is 3.77. The number of halogens is 1. The fourth-order valence-electron chi connectivity index (χ4n) is 1.62. The molecule has 18 heavy (non-hydrogen) atoms. The van der Waals surface area contributed by atoms with Gasteiger partial charge in [0.1, 0.15) is 5.82 Å². The molecule has 0 unspecified atom stereocenters. The van der Waals surface area contributed by atoms with Gasteiger partial charge in [-0.15, -0.1) is 0 Å². The molecule has 92 valence electrons. The summed E-state index contributed by atoms with van der Waals surface area (Å²) in [7, 11) is 0. The first kappa shape index (κ1) is 12.0. The van der Waals surface area contributed by atoms with Crippen LogP contribution < -0.4 is 5.63 Å². The Bertz CT molecular complexity index is 673. The van der Waals surface area contributed by atoms with Gasteiger partial charge in [-0.25, -0.2) is 14.0 Å². The van der Waals surface area contributed by atoms with Gasteiger partial charge in [-0.05, 0) is 36.2 Å². The van der Waals surface area contributed by atoms with Gasteiger partial charge in [0.15, 0.2) is 0 Å². The topological polar surface area (TPSA) is 67.5 Å². The van der Waals surface area contributed by atoms with E-state index in [1.807, 2.05) is 0 Å². The number of carbonyl (C=O) groups is 1. The van der Waals surface area contributed by atoms with Crippen molar-refractivity contribution in [2.45, 2.75) is 6.92 Å². The number of hydrogen-bond donors (Lipinski definition) is 1. The van der Waals surface area contributed by atoms with Crippen LogP contribution in [0.25, 0.3) is 11.1 Å². The molecule has 0 spiro atoms. The van der Waals surface area contributed by atoms with Crippen molar-refractivity contribution >= 4 is 5.97 Å². The van der Waals surface area contributed by atoms with Crippen molar-refractivity contribution in [3.8, 4) is 11.1 Å². The van der Waals surface area contributed by atoms with Crippen LogP contribution in [0, 0.1) is 12.7 Å². The zero-order valence-corrected chi connectivity index (χ0v) is 9.44. The lowest BCUT2D eigenvalue weighted by atomic mass is 10.0. The third-order valence-corrected chi connectivity index (χ3v) is 2.50. The van der Waals surface area contributed by atoms with Gasteiger partial charge in [0, 0.05) is 11.6 Å². The van der Waals surface area contributed by atoms with Gasteiger partial charge < -0.3 is 9.52 Å². The molecule has 1 N–H and O–H groups in total. The van der Waals surface area contributed by atoms with Crippen molar-refractivity contribution in [1.29, 1.82) is 0 Å². The third-order valence-electron chi connectivity index (χ3n) is 2.50. The maximum Gasteiger partial charge on any atom is 0.372 e. The SMILES string of the molecule is Cc1cc(-c2ccc(=O)oc2C(=O)O)ccc1F. The quantitative estimate of drug-likeness (QED) is 0.886. The van der Waals surface area contributed by atoms with E-state index in [-0.39, 0.29) is 11.4 Å². The first-order valence-electron chi connectivity index (χ1n) is 5.13. The molecule has 0 aliphatic heterocycles. The standard InChI is InChI=1S/C13H9FO4/c1-7-6-8(2-4-10(7)14)9-3-5-11(15)18-12(9)13(16)17/h2-6H,1H3,(H,16,17). The maximum absolute atomic E-state index is 13.1. The molecular weight excluding hydrogens is 239 g/mol. The molecule has 2 aromatic rings. The van der Waals surface area contributed by atoms with Crippen LogP contribution >= 0.6 is 0 Å². The minimum Gasteiger partial charge on any atom is -0.475 e. The van der Waals surface area contributed by atoms with Gasteiger partial charge in [-0.3, -0.25) is 0 Å². The summed E-state index contributed by atoms with van der Waals surface area (Å²) in [5.74, 6) is -2.17. The Morgan fingerprint density at radius 2 is 2.00 bits per heavy atom. The second-order valence-electron chi connectivity index (χ2n) is 3.77. The predicted molar refractivity (Wildman–Crippen MR) is 62.1 cm³/mol. The number of benzene rings is 1. The van der Waals surface area contributed by atoms with Crippen molar-refractivity contribution in [3.05, 3.63) is 57.9 Å². The average molecular weight is 248 g/mol. The van der Waals surface area contributed by atoms with Crippen LogP contribution in [0.2, 0.25) is 0 Å². The highest BCUT2D eigenvalue weighted by atomic mass is 19.1. The van der Waals surface area contributed by atoms with E-state index >= 15 is 0 Å². The van der Waals surface area contributed by atoms with Crippen LogP contribution in [0.1, 0.15) is 16.1 Å². The van der Waals surface area contributed by atoms with Crippen LogP contribution in [0.3, 0.4) is 0 Å². The second kappa shape index (κ2) is 4.44. The summed E-state index contributed by atoms with van der Waals surface area (Å²) in [6.07, 6.45) is 0. The minimum atomic E-state index is -1.34. The summed E-state index contributed by atoms with van der Waals surface area (Å²) in [4.78, 5) is 22.0. The van der Waals surface area contributed by atoms with Crippen molar-refractivity contribution in [3.63, 3.8) is 0 Å². The number of hydrogen-bond acceptors (Lipinski definition) is 3. The molecule has 1 aromatic heterocycles. The number of rotatable bonds is 2. The van der Waals surface area contributed by atoms with E-state index in [1.165, 1.54) is 24.3 Å². The lowest BCUT2D eigenvalue weighted by molar-refractivity contribution is 0.0658. The summed E-state index contributed by atoms with van der Waals surface area (Å²) in [5, 5.41) is 8.97. The molecule has 0 radical (unpaired) electrons. The lowest BCUT2D eigenvalue weighted by Gasteiger charge is -2.05. The highest BCUT2D eigenvalue weighted by Crippen LogP contribution is 2.24. The first-order valence-corrected chi connectivity index (χ1v) is 5.13. The molecule has 0 saturated carbocycles. The Balaban J connectivity index is 2.66. The molecule has 0 amide bonds. The minimum absolute atomic E-state index is 0.241. The van der Waals surface area contributed by atoms with Gasteiger partial charge in [0.05, 0.1) is 0 Å². The summed E-state index contributed by atoms with van der Waals surface area (Å²) in [6, 6.07) is 6.64. The zero-order chi connectivity index (χ0) is 13.3. The van der Waals surface area contributed by atoms with Gasteiger partial charge in [0.25, 0.3) is 0 Å². The summed E-state index contributed by atoms with van der Waals surface area (Å²) in [6.45, 7) is 1.57. The molecule has 0 fully saturated rings. The lowest BCUT2D eigenvalue weighted by Crippen LogP contribution is -2.06. The van der Waals surface area contributed by atoms with Crippen LogP contribution in [0.5, 0.6) is 0 Å². The number of aromatic carboxylic acids is 1. The monoisotopic (exact) mass is 248 g/mol. The smallest absolute Gasteiger partial charge is 0.372 e. The molecule has 0 bridgehead atoms. The van der Waals surface area contributed by atoms with E-state index in [0.717, 1.165) is 6.07 Å². The van der Waals surface area contributed by atoms with Gasteiger partial charge in [0.2, 0.25) is 5.76 Å². The fourth-order valence-corrected chi connectivity index (χ4v) is 1.62. The van der Waals surface area contributed by atoms with E-state index in [0.29, 0.717) is 11.1 Å². The van der Waals surface area contributed by atoms with E-state index < -0.39 is 17.4 Å².